The molecule has 21 heavy (non-hydrogen) atoms. The highest BCUT2D eigenvalue weighted by molar-refractivity contribution is 5.90. The number of carbonyl (C=O) groups is 1. The number of benzene rings is 1. The first kappa shape index (κ1) is 15.0. The Bertz CT molecular complexity index is 622. The molecular formula is C14H20N6O. The predicted octanol–water partition coefficient (Wildman–Crippen LogP) is 1.96. The fourth-order valence-corrected chi connectivity index (χ4v) is 2.06. The molecule has 1 aromatic heterocycles. The summed E-state index contributed by atoms with van der Waals surface area (Å²) in [6.07, 6.45) is 0.981. The number of tetrazole rings is 1. The summed E-state index contributed by atoms with van der Waals surface area (Å²) in [6, 6.07) is 5.74. The quantitative estimate of drug-likeness (QED) is 0.848. The monoisotopic (exact) mass is 288 g/mol. The van der Waals surface area contributed by atoms with Gasteiger partial charge in [0.15, 0.2) is 5.82 Å². The summed E-state index contributed by atoms with van der Waals surface area (Å²) < 4.78 is 1.79. The lowest BCUT2D eigenvalue weighted by Gasteiger charge is -2.13. The van der Waals surface area contributed by atoms with Gasteiger partial charge in [0.05, 0.1) is 6.54 Å². The highest BCUT2D eigenvalue weighted by atomic mass is 16.1. The van der Waals surface area contributed by atoms with Crippen LogP contribution in [0.4, 0.5) is 11.4 Å². The van der Waals surface area contributed by atoms with Crippen LogP contribution < -0.4 is 10.6 Å². The maximum atomic E-state index is 11.2. The number of amides is 1. The van der Waals surface area contributed by atoms with Crippen LogP contribution in [0.25, 0.3) is 0 Å². The van der Waals surface area contributed by atoms with Crippen molar-refractivity contribution >= 4 is 17.3 Å². The molecule has 0 aliphatic rings. The highest BCUT2D eigenvalue weighted by Crippen LogP contribution is 2.23. The van der Waals surface area contributed by atoms with Crippen molar-refractivity contribution in [3.8, 4) is 0 Å². The van der Waals surface area contributed by atoms with Crippen molar-refractivity contribution in [3.63, 3.8) is 0 Å². The molecule has 2 aromatic rings. The summed E-state index contributed by atoms with van der Waals surface area (Å²) in [5, 5.41) is 17.8. The van der Waals surface area contributed by atoms with E-state index in [4.69, 9.17) is 0 Å². The van der Waals surface area contributed by atoms with E-state index in [1.54, 1.807) is 4.68 Å². The molecule has 0 fully saturated rings. The Labute approximate surface area is 123 Å². The van der Waals surface area contributed by atoms with Crippen LogP contribution in [-0.2, 0) is 17.9 Å². The first-order chi connectivity index (χ1) is 10.1. The summed E-state index contributed by atoms with van der Waals surface area (Å²) in [5.41, 5.74) is 2.75. The normalized spacial score (nSPS) is 10.4. The maximum absolute atomic E-state index is 11.2. The number of anilines is 2. The van der Waals surface area contributed by atoms with Gasteiger partial charge >= 0.3 is 0 Å². The van der Waals surface area contributed by atoms with Gasteiger partial charge in [-0.25, -0.2) is 4.68 Å². The van der Waals surface area contributed by atoms with Gasteiger partial charge in [0.2, 0.25) is 5.91 Å². The Morgan fingerprint density at radius 2 is 2.10 bits per heavy atom. The van der Waals surface area contributed by atoms with Gasteiger partial charge in [-0.1, -0.05) is 13.0 Å². The maximum Gasteiger partial charge on any atom is 0.221 e. The van der Waals surface area contributed by atoms with Gasteiger partial charge in [-0.15, -0.1) is 5.10 Å². The van der Waals surface area contributed by atoms with Gasteiger partial charge in [-0.2, -0.15) is 0 Å². The Morgan fingerprint density at radius 1 is 1.33 bits per heavy atom. The van der Waals surface area contributed by atoms with Crippen LogP contribution in [0.2, 0.25) is 0 Å². The lowest BCUT2D eigenvalue weighted by atomic mass is 10.1. The Hall–Kier alpha value is -2.44. The molecule has 0 atom stereocenters. The van der Waals surface area contributed by atoms with E-state index in [1.165, 1.54) is 6.92 Å². The number of aromatic nitrogens is 4. The zero-order valence-corrected chi connectivity index (χ0v) is 12.6. The van der Waals surface area contributed by atoms with Crippen molar-refractivity contribution in [1.82, 2.24) is 20.2 Å². The standard InChI is InChI=1S/C14H20N6O/c1-4-8-20-14(17-18-19-20)9-15-12-6-5-7-13(10(12)2)16-11(3)21/h5-7,15H,4,8-9H2,1-3H3,(H,16,21). The number of nitrogens with one attached hydrogen (secondary N) is 2. The van der Waals surface area contributed by atoms with Gasteiger partial charge < -0.3 is 10.6 Å². The third-order valence-electron chi connectivity index (χ3n) is 3.12. The second-order valence-corrected chi connectivity index (χ2v) is 4.83. The molecular weight excluding hydrogens is 268 g/mol. The van der Waals surface area contributed by atoms with Gasteiger partial charge in [0, 0.05) is 24.8 Å². The number of carbonyl (C=O) groups excluding carboxylic acids is 1. The topological polar surface area (TPSA) is 84.7 Å². The number of hydrogen-bond acceptors (Lipinski definition) is 5. The van der Waals surface area contributed by atoms with Crippen LogP contribution in [0.1, 0.15) is 31.7 Å². The first-order valence-corrected chi connectivity index (χ1v) is 6.98. The molecule has 0 bridgehead atoms. The first-order valence-electron chi connectivity index (χ1n) is 6.98. The molecule has 7 heteroatoms. The fraction of sp³-hybridized carbons (Fsp3) is 0.429. The molecule has 0 unspecified atom stereocenters. The van der Waals surface area contributed by atoms with E-state index in [2.05, 4.69) is 33.1 Å². The van der Waals surface area contributed by atoms with Gasteiger partial charge in [0.25, 0.3) is 0 Å². The summed E-state index contributed by atoms with van der Waals surface area (Å²) in [5.74, 6) is 0.711. The number of rotatable bonds is 6. The summed E-state index contributed by atoms with van der Waals surface area (Å²) in [7, 11) is 0. The average Bonchev–Trinajstić information content (AvgIpc) is 2.87. The number of nitrogens with zero attached hydrogens (tertiary/aromatic N) is 4. The van der Waals surface area contributed by atoms with Crippen LogP contribution >= 0.6 is 0 Å². The van der Waals surface area contributed by atoms with Crippen LogP contribution in [-0.4, -0.2) is 26.1 Å². The minimum absolute atomic E-state index is 0.0814. The second-order valence-electron chi connectivity index (χ2n) is 4.83. The van der Waals surface area contributed by atoms with Crippen molar-refractivity contribution in [2.45, 2.75) is 40.3 Å². The minimum Gasteiger partial charge on any atom is -0.377 e. The smallest absolute Gasteiger partial charge is 0.221 e. The SMILES string of the molecule is CCCn1nnnc1CNc1cccc(NC(C)=O)c1C. The zero-order valence-electron chi connectivity index (χ0n) is 12.6. The molecule has 0 aliphatic carbocycles. The highest BCUT2D eigenvalue weighted by Gasteiger charge is 2.08. The third-order valence-corrected chi connectivity index (χ3v) is 3.12. The van der Waals surface area contributed by atoms with Gasteiger partial charge in [-0.3, -0.25) is 4.79 Å². The molecule has 1 aromatic carbocycles. The van der Waals surface area contributed by atoms with E-state index >= 15 is 0 Å². The molecule has 0 radical (unpaired) electrons. The lowest BCUT2D eigenvalue weighted by molar-refractivity contribution is -0.114. The Balaban J connectivity index is 2.09. The Kier molecular flexibility index (Phi) is 4.86. The minimum atomic E-state index is -0.0814. The van der Waals surface area contributed by atoms with Crippen molar-refractivity contribution in [1.29, 1.82) is 0 Å². The second kappa shape index (κ2) is 6.83. The molecule has 0 saturated carbocycles. The average molecular weight is 288 g/mol. The summed E-state index contributed by atoms with van der Waals surface area (Å²) in [4.78, 5) is 11.2. The molecule has 2 rings (SSSR count). The van der Waals surface area contributed by atoms with E-state index in [0.717, 1.165) is 35.7 Å². The van der Waals surface area contributed by atoms with E-state index in [-0.39, 0.29) is 5.91 Å². The van der Waals surface area contributed by atoms with Crippen LogP contribution in [0.5, 0.6) is 0 Å². The van der Waals surface area contributed by atoms with Crippen LogP contribution in [0, 0.1) is 6.92 Å². The summed E-state index contributed by atoms with van der Waals surface area (Å²) in [6.45, 7) is 6.88. The molecule has 1 heterocycles. The van der Waals surface area contributed by atoms with Crippen molar-refractivity contribution in [2.24, 2.45) is 0 Å². The molecule has 0 aliphatic heterocycles. The van der Waals surface area contributed by atoms with Crippen LogP contribution in [0.15, 0.2) is 18.2 Å². The van der Waals surface area contributed by atoms with E-state index < -0.39 is 0 Å². The zero-order chi connectivity index (χ0) is 15.2. The number of hydrogen-bond donors (Lipinski definition) is 2. The molecule has 0 saturated heterocycles. The molecule has 2 N–H and O–H groups in total. The molecule has 1 amide bonds. The van der Waals surface area contributed by atoms with E-state index in [9.17, 15) is 4.79 Å². The van der Waals surface area contributed by atoms with Crippen molar-refractivity contribution < 1.29 is 4.79 Å². The number of aryl methyl sites for hydroxylation is 1. The van der Waals surface area contributed by atoms with Crippen molar-refractivity contribution in [2.75, 3.05) is 10.6 Å². The fourth-order valence-electron chi connectivity index (χ4n) is 2.06. The third kappa shape index (κ3) is 3.77. The Morgan fingerprint density at radius 3 is 2.81 bits per heavy atom. The van der Waals surface area contributed by atoms with E-state index in [1.807, 2.05) is 25.1 Å². The lowest BCUT2D eigenvalue weighted by Crippen LogP contribution is -2.12. The molecule has 112 valence electrons. The summed E-state index contributed by atoms with van der Waals surface area (Å²) >= 11 is 0. The largest absolute Gasteiger partial charge is 0.377 e. The predicted molar refractivity (Wildman–Crippen MR) is 80.9 cm³/mol. The van der Waals surface area contributed by atoms with Gasteiger partial charge in [0.1, 0.15) is 0 Å². The molecule has 0 spiro atoms. The van der Waals surface area contributed by atoms with E-state index in [0.29, 0.717) is 6.54 Å². The van der Waals surface area contributed by atoms with Crippen molar-refractivity contribution in [3.05, 3.63) is 29.6 Å². The van der Waals surface area contributed by atoms with Crippen LogP contribution in [0.3, 0.4) is 0 Å². The van der Waals surface area contributed by atoms with Gasteiger partial charge in [-0.05, 0) is 41.5 Å². The molecule has 7 nitrogen and oxygen atoms in total.